The molecule has 0 spiro atoms. The van der Waals surface area contributed by atoms with E-state index in [1.165, 1.54) is 24.3 Å². The molecule has 0 unspecified atom stereocenters. The van der Waals surface area contributed by atoms with E-state index in [4.69, 9.17) is 21.3 Å². The third-order valence-corrected chi connectivity index (χ3v) is 2.43. The predicted octanol–water partition coefficient (Wildman–Crippen LogP) is 0.993. The Morgan fingerprint density at radius 2 is 1.84 bits per heavy atom. The molecule has 0 aliphatic heterocycles. The molecule has 6 nitrogen and oxygen atoms in total. The molecular weight excluding hydrogens is 246 g/mol. The molecule has 0 bridgehead atoms. The van der Waals surface area contributed by atoms with Gasteiger partial charge in [0.15, 0.2) is 5.96 Å². The number of carbonyl (C=O) groups excluding carboxylic acids is 1. The van der Waals surface area contributed by atoms with Crippen LogP contribution in [-0.2, 0) is 4.74 Å². The van der Waals surface area contributed by atoms with Crippen LogP contribution in [0.1, 0.15) is 29.6 Å². The number of phenolic OH excluding ortho intramolecular Hbond substituents is 1. The van der Waals surface area contributed by atoms with Gasteiger partial charge in [-0.3, -0.25) is 4.99 Å². The fourth-order valence-electron chi connectivity index (χ4n) is 1.44. The zero-order valence-electron chi connectivity index (χ0n) is 10.7. The van der Waals surface area contributed by atoms with E-state index < -0.39 is 0 Å². The fourth-order valence-corrected chi connectivity index (χ4v) is 1.44. The quantitative estimate of drug-likeness (QED) is 0.295. The summed E-state index contributed by atoms with van der Waals surface area (Å²) in [6.45, 7) is 0.954. The van der Waals surface area contributed by atoms with E-state index in [0.29, 0.717) is 18.7 Å². The lowest BCUT2D eigenvalue weighted by Crippen LogP contribution is -2.22. The molecule has 104 valence electrons. The third-order valence-electron chi connectivity index (χ3n) is 2.43. The maximum Gasteiger partial charge on any atom is 0.338 e. The second-order valence-electron chi connectivity index (χ2n) is 4.05. The van der Waals surface area contributed by atoms with Gasteiger partial charge in [0.25, 0.3) is 0 Å². The highest BCUT2D eigenvalue weighted by molar-refractivity contribution is 5.89. The van der Waals surface area contributed by atoms with Gasteiger partial charge in [0, 0.05) is 6.54 Å². The normalized spacial score (nSPS) is 9.89. The van der Waals surface area contributed by atoms with Gasteiger partial charge in [0.2, 0.25) is 0 Å². The molecule has 1 aromatic carbocycles. The topological polar surface area (TPSA) is 111 Å². The van der Waals surface area contributed by atoms with Gasteiger partial charge in [0.05, 0.1) is 12.2 Å². The number of benzene rings is 1. The van der Waals surface area contributed by atoms with Gasteiger partial charge in [-0.05, 0) is 43.5 Å². The summed E-state index contributed by atoms with van der Waals surface area (Å²) >= 11 is 0. The molecule has 6 heteroatoms. The molecule has 19 heavy (non-hydrogen) atoms. The van der Waals surface area contributed by atoms with E-state index >= 15 is 0 Å². The van der Waals surface area contributed by atoms with E-state index in [0.717, 1.165) is 19.3 Å². The zero-order chi connectivity index (χ0) is 14.1. The monoisotopic (exact) mass is 265 g/mol. The molecule has 0 fully saturated rings. The molecule has 0 heterocycles. The molecule has 1 aromatic rings. The van der Waals surface area contributed by atoms with Crippen LogP contribution in [0.15, 0.2) is 29.3 Å². The van der Waals surface area contributed by atoms with Crippen molar-refractivity contribution in [2.24, 2.45) is 16.5 Å². The molecule has 0 saturated carbocycles. The van der Waals surface area contributed by atoms with Crippen molar-refractivity contribution in [3.05, 3.63) is 29.8 Å². The summed E-state index contributed by atoms with van der Waals surface area (Å²) < 4.78 is 5.09. The van der Waals surface area contributed by atoms with Gasteiger partial charge >= 0.3 is 5.97 Å². The molecule has 0 atom stereocenters. The van der Waals surface area contributed by atoms with Gasteiger partial charge in [-0.1, -0.05) is 0 Å². The Kier molecular flexibility index (Phi) is 6.21. The molecule has 0 saturated heterocycles. The number of guanidine groups is 1. The Morgan fingerprint density at radius 1 is 1.16 bits per heavy atom. The van der Waals surface area contributed by atoms with Crippen molar-refractivity contribution >= 4 is 11.9 Å². The summed E-state index contributed by atoms with van der Waals surface area (Å²) in [5, 5.41) is 9.09. The van der Waals surface area contributed by atoms with E-state index in [1.54, 1.807) is 0 Å². The predicted molar refractivity (Wildman–Crippen MR) is 72.9 cm³/mol. The first-order chi connectivity index (χ1) is 9.09. The lowest BCUT2D eigenvalue weighted by atomic mass is 10.2. The number of esters is 1. The minimum atomic E-state index is -0.385. The molecule has 0 amide bonds. The van der Waals surface area contributed by atoms with Crippen LogP contribution in [0.3, 0.4) is 0 Å². The average Bonchev–Trinajstić information content (AvgIpc) is 2.38. The minimum absolute atomic E-state index is 0.0961. The first-order valence-electron chi connectivity index (χ1n) is 6.11. The summed E-state index contributed by atoms with van der Waals surface area (Å²) in [7, 11) is 0. The Morgan fingerprint density at radius 3 is 2.47 bits per heavy atom. The lowest BCUT2D eigenvalue weighted by molar-refractivity contribution is 0.0498. The average molecular weight is 265 g/mol. The number of phenols is 1. The van der Waals surface area contributed by atoms with Crippen molar-refractivity contribution < 1.29 is 14.6 Å². The smallest absolute Gasteiger partial charge is 0.338 e. The Labute approximate surface area is 112 Å². The van der Waals surface area contributed by atoms with Gasteiger partial charge in [-0.15, -0.1) is 0 Å². The lowest BCUT2D eigenvalue weighted by Gasteiger charge is -2.04. The van der Waals surface area contributed by atoms with Crippen LogP contribution < -0.4 is 11.5 Å². The van der Waals surface area contributed by atoms with Crippen molar-refractivity contribution in [2.75, 3.05) is 13.2 Å². The number of aromatic hydroxyl groups is 1. The molecule has 0 aliphatic carbocycles. The number of ether oxygens (including phenoxy) is 1. The van der Waals surface area contributed by atoms with Crippen molar-refractivity contribution in [3.63, 3.8) is 0 Å². The maximum absolute atomic E-state index is 11.6. The second kappa shape index (κ2) is 7.97. The Bertz CT molecular complexity index is 425. The second-order valence-corrected chi connectivity index (χ2v) is 4.05. The number of rotatable bonds is 7. The number of aliphatic imine (C=N–C) groups is 1. The molecule has 0 aliphatic rings. The van der Waals surface area contributed by atoms with Crippen LogP contribution >= 0.6 is 0 Å². The first-order valence-corrected chi connectivity index (χ1v) is 6.11. The van der Waals surface area contributed by atoms with Crippen molar-refractivity contribution in [3.8, 4) is 5.75 Å². The SMILES string of the molecule is NC(N)=NCCCCCOC(=O)c1ccc(O)cc1. The molecule has 0 aromatic heterocycles. The number of hydrogen-bond acceptors (Lipinski definition) is 4. The number of nitrogens with zero attached hydrogens (tertiary/aromatic N) is 1. The van der Waals surface area contributed by atoms with Gasteiger partial charge in [-0.25, -0.2) is 4.79 Å². The number of unbranched alkanes of at least 4 members (excludes halogenated alkanes) is 2. The molecule has 1 rings (SSSR count). The summed E-state index contributed by atoms with van der Waals surface area (Å²) in [5.41, 5.74) is 10.8. The van der Waals surface area contributed by atoms with Gasteiger partial charge in [-0.2, -0.15) is 0 Å². The van der Waals surface area contributed by atoms with Crippen molar-refractivity contribution in [1.82, 2.24) is 0 Å². The minimum Gasteiger partial charge on any atom is -0.508 e. The van der Waals surface area contributed by atoms with Gasteiger partial charge < -0.3 is 21.3 Å². The fraction of sp³-hybridized carbons (Fsp3) is 0.385. The van der Waals surface area contributed by atoms with Crippen LogP contribution in [0.25, 0.3) is 0 Å². The van der Waals surface area contributed by atoms with Gasteiger partial charge in [0.1, 0.15) is 5.75 Å². The summed E-state index contributed by atoms with van der Waals surface area (Å²) in [6, 6.07) is 5.95. The van der Waals surface area contributed by atoms with Crippen molar-refractivity contribution in [2.45, 2.75) is 19.3 Å². The summed E-state index contributed by atoms with van der Waals surface area (Å²) in [4.78, 5) is 15.4. The van der Waals surface area contributed by atoms with Crippen LogP contribution in [-0.4, -0.2) is 30.2 Å². The standard InChI is InChI=1S/C13H19N3O3/c14-13(15)16-8-2-1-3-9-19-12(18)10-4-6-11(17)7-5-10/h4-7,17H,1-3,8-9H2,(H4,14,15,16). The third kappa shape index (κ3) is 6.30. The molecule has 5 N–H and O–H groups in total. The van der Waals surface area contributed by atoms with E-state index in [1.807, 2.05) is 0 Å². The first kappa shape index (κ1) is 14.8. The van der Waals surface area contributed by atoms with Crippen LogP contribution in [0.5, 0.6) is 5.75 Å². The molecule has 0 radical (unpaired) electrons. The van der Waals surface area contributed by atoms with E-state index in [-0.39, 0.29) is 17.7 Å². The van der Waals surface area contributed by atoms with Crippen LogP contribution in [0.2, 0.25) is 0 Å². The zero-order valence-corrected chi connectivity index (χ0v) is 10.7. The Hall–Kier alpha value is -2.24. The van der Waals surface area contributed by atoms with Crippen molar-refractivity contribution in [1.29, 1.82) is 0 Å². The van der Waals surface area contributed by atoms with Crippen LogP contribution in [0.4, 0.5) is 0 Å². The highest BCUT2D eigenvalue weighted by Crippen LogP contribution is 2.10. The van der Waals surface area contributed by atoms with Crippen LogP contribution in [0, 0.1) is 0 Å². The number of nitrogens with two attached hydrogens (primary N) is 2. The highest BCUT2D eigenvalue weighted by Gasteiger charge is 2.06. The maximum atomic E-state index is 11.6. The van der Waals surface area contributed by atoms with E-state index in [2.05, 4.69) is 4.99 Å². The summed E-state index contributed by atoms with van der Waals surface area (Å²) in [5.74, 6) is -0.167. The molecular formula is C13H19N3O3. The summed E-state index contributed by atoms with van der Waals surface area (Å²) in [6.07, 6.45) is 2.51. The highest BCUT2D eigenvalue weighted by atomic mass is 16.5. The van der Waals surface area contributed by atoms with E-state index in [9.17, 15) is 4.79 Å². The Balaban J connectivity index is 2.14. The largest absolute Gasteiger partial charge is 0.508 e. The number of carbonyl (C=O) groups is 1. The number of hydrogen-bond donors (Lipinski definition) is 3.